The summed E-state index contributed by atoms with van der Waals surface area (Å²) < 4.78 is 10.7. The van der Waals surface area contributed by atoms with Crippen molar-refractivity contribution < 1.29 is 14.3 Å². The van der Waals surface area contributed by atoms with Crippen molar-refractivity contribution in [3.8, 4) is 11.5 Å². The summed E-state index contributed by atoms with van der Waals surface area (Å²) in [4.78, 5) is 14.3. The summed E-state index contributed by atoms with van der Waals surface area (Å²) in [5, 5.41) is 3.31. The fraction of sp³-hybridized carbons (Fsp3) is 0.235. The number of nitrogens with zero attached hydrogens (tertiary/aromatic N) is 1. The van der Waals surface area contributed by atoms with E-state index in [0.717, 1.165) is 11.4 Å². The zero-order chi connectivity index (χ0) is 16.2. The molecule has 23 heavy (non-hydrogen) atoms. The van der Waals surface area contributed by atoms with Gasteiger partial charge < -0.3 is 19.7 Å². The summed E-state index contributed by atoms with van der Waals surface area (Å²) in [6.07, 6.45) is 0. The van der Waals surface area contributed by atoms with Crippen molar-refractivity contribution in [2.75, 3.05) is 37.0 Å². The maximum absolute atomic E-state index is 12.3. The van der Waals surface area contributed by atoms with Gasteiger partial charge in [-0.25, -0.2) is 0 Å². The molecule has 2 aromatic rings. The first kappa shape index (κ1) is 15.5. The van der Waals surface area contributed by atoms with Crippen molar-refractivity contribution >= 4 is 28.9 Å². The number of amides is 1. The molecule has 1 aliphatic rings. The number of hydrogen-bond acceptors (Lipinski definition) is 4. The Kier molecular flexibility index (Phi) is 4.57. The number of anilines is 2. The number of halogens is 1. The molecule has 2 aromatic carbocycles. The Hall–Kier alpha value is -2.40. The summed E-state index contributed by atoms with van der Waals surface area (Å²) in [6, 6.07) is 12.9. The second kappa shape index (κ2) is 6.79. The number of fused-ring (bicyclic) bond motifs is 1. The molecule has 1 heterocycles. The number of nitrogens with one attached hydrogen (secondary N) is 1. The van der Waals surface area contributed by atoms with E-state index >= 15 is 0 Å². The quantitative estimate of drug-likeness (QED) is 0.934. The average Bonchev–Trinajstić information content (AvgIpc) is 2.55. The Balaban J connectivity index is 1.67. The molecule has 0 fully saturated rings. The van der Waals surface area contributed by atoms with Crippen LogP contribution in [0.5, 0.6) is 11.5 Å². The highest BCUT2D eigenvalue weighted by Gasteiger charge is 2.19. The summed E-state index contributed by atoms with van der Waals surface area (Å²) in [5.74, 6) is 1.27. The van der Waals surface area contributed by atoms with Gasteiger partial charge in [-0.05, 0) is 30.3 Å². The first-order chi connectivity index (χ1) is 11.2. The number of hydrogen-bond donors (Lipinski definition) is 1. The third-order valence-electron chi connectivity index (χ3n) is 3.59. The van der Waals surface area contributed by atoms with Crippen LogP contribution < -0.4 is 19.7 Å². The Morgan fingerprint density at radius 2 is 2.17 bits per heavy atom. The molecule has 1 N–H and O–H groups in total. The number of ether oxygens (including phenoxy) is 2. The van der Waals surface area contributed by atoms with Crippen LogP contribution in [0.15, 0.2) is 42.5 Å². The maximum Gasteiger partial charge on any atom is 0.243 e. The van der Waals surface area contributed by atoms with E-state index in [-0.39, 0.29) is 12.5 Å². The number of para-hydroxylation sites is 2. The minimum Gasteiger partial charge on any atom is -0.495 e. The average molecular weight is 333 g/mol. The minimum absolute atomic E-state index is 0.108. The van der Waals surface area contributed by atoms with Crippen LogP contribution in [0.25, 0.3) is 0 Å². The van der Waals surface area contributed by atoms with Crippen LogP contribution in [0.3, 0.4) is 0 Å². The number of benzene rings is 2. The molecule has 0 saturated heterocycles. The van der Waals surface area contributed by atoms with Gasteiger partial charge in [-0.15, -0.1) is 0 Å². The molecule has 120 valence electrons. The Labute approximate surface area is 139 Å². The summed E-state index contributed by atoms with van der Waals surface area (Å²) in [7, 11) is 1.55. The maximum atomic E-state index is 12.3. The third-order valence-corrected chi connectivity index (χ3v) is 3.89. The molecule has 0 saturated carbocycles. The van der Waals surface area contributed by atoms with Crippen LogP contribution in [-0.2, 0) is 4.79 Å². The van der Waals surface area contributed by atoms with Gasteiger partial charge in [0.05, 0.1) is 30.9 Å². The van der Waals surface area contributed by atoms with Gasteiger partial charge in [-0.2, -0.15) is 0 Å². The van der Waals surface area contributed by atoms with Crippen molar-refractivity contribution in [2.45, 2.75) is 0 Å². The zero-order valence-corrected chi connectivity index (χ0v) is 13.5. The van der Waals surface area contributed by atoms with E-state index in [2.05, 4.69) is 5.32 Å². The number of rotatable bonds is 4. The third kappa shape index (κ3) is 3.51. The molecule has 0 unspecified atom stereocenters. The molecule has 6 heteroatoms. The zero-order valence-electron chi connectivity index (χ0n) is 12.7. The monoisotopic (exact) mass is 332 g/mol. The van der Waals surface area contributed by atoms with Crippen LogP contribution in [0.4, 0.5) is 11.4 Å². The van der Waals surface area contributed by atoms with E-state index in [1.807, 2.05) is 29.2 Å². The van der Waals surface area contributed by atoms with Crippen LogP contribution in [0.2, 0.25) is 5.02 Å². The van der Waals surface area contributed by atoms with Crippen LogP contribution in [0.1, 0.15) is 0 Å². The van der Waals surface area contributed by atoms with E-state index in [1.165, 1.54) is 0 Å². The predicted molar refractivity (Wildman–Crippen MR) is 90.8 cm³/mol. The molecule has 3 rings (SSSR count). The van der Waals surface area contributed by atoms with E-state index in [1.54, 1.807) is 25.3 Å². The van der Waals surface area contributed by atoms with Crippen LogP contribution in [-0.4, -0.2) is 32.7 Å². The molecule has 0 atom stereocenters. The van der Waals surface area contributed by atoms with Crippen molar-refractivity contribution in [1.29, 1.82) is 0 Å². The number of methoxy groups -OCH3 is 1. The molecule has 0 spiro atoms. The second-order valence-electron chi connectivity index (χ2n) is 5.14. The van der Waals surface area contributed by atoms with Crippen LogP contribution >= 0.6 is 11.6 Å². The molecule has 0 bridgehead atoms. The van der Waals surface area contributed by atoms with Gasteiger partial charge in [0, 0.05) is 5.69 Å². The lowest BCUT2D eigenvalue weighted by Gasteiger charge is -2.30. The molecule has 1 amide bonds. The van der Waals surface area contributed by atoms with Crippen LogP contribution in [0, 0.1) is 0 Å². The molecule has 0 aliphatic carbocycles. The fourth-order valence-electron chi connectivity index (χ4n) is 2.51. The lowest BCUT2D eigenvalue weighted by Crippen LogP contribution is -2.38. The highest BCUT2D eigenvalue weighted by atomic mass is 35.5. The Morgan fingerprint density at radius 1 is 1.35 bits per heavy atom. The van der Waals surface area contributed by atoms with E-state index in [4.69, 9.17) is 21.1 Å². The van der Waals surface area contributed by atoms with E-state index in [0.29, 0.717) is 29.6 Å². The van der Waals surface area contributed by atoms with Crippen molar-refractivity contribution in [3.05, 3.63) is 47.5 Å². The first-order valence-corrected chi connectivity index (χ1v) is 7.65. The Morgan fingerprint density at radius 3 is 2.96 bits per heavy atom. The molecule has 0 aromatic heterocycles. The van der Waals surface area contributed by atoms with E-state index < -0.39 is 0 Å². The largest absolute Gasteiger partial charge is 0.495 e. The lowest BCUT2D eigenvalue weighted by molar-refractivity contribution is -0.115. The fourth-order valence-corrected chi connectivity index (χ4v) is 2.77. The summed E-state index contributed by atoms with van der Waals surface area (Å²) in [5.41, 5.74) is 1.57. The van der Waals surface area contributed by atoms with Gasteiger partial charge in [0.2, 0.25) is 5.91 Å². The first-order valence-electron chi connectivity index (χ1n) is 7.27. The summed E-state index contributed by atoms with van der Waals surface area (Å²) >= 11 is 6.07. The van der Waals surface area contributed by atoms with Crippen molar-refractivity contribution in [2.24, 2.45) is 0 Å². The molecular weight excluding hydrogens is 316 g/mol. The Bertz CT molecular complexity index is 721. The van der Waals surface area contributed by atoms with Gasteiger partial charge in [-0.3, -0.25) is 4.79 Å². The van der Waals surface area contributed by atoms with Gasteiger partial charge in [0.1, 0.15) is 18.1 Å². The van der Waals surface area contributed by atoms with Crippen molar-refractivity contribution in [3.63, 3.8) is 0 Å². The van der Waals surface area contributed by atoms with Gasteiger partial charge in [-0.1, -0.05) is 23.7 Å². The van der Waals surface area contributed by atoms with Crippen molar-refractivity contribution in [1.82, 2.24) is 0 Å². The highest BCUT2D eigenvalue weighted by Crippen LogP contribution is 2.31. The predicted octanol–water partition coefficient (Wildman–Crippen LogP) is 3.19. The molecule has 5 nitrogen and oxygen atoms in total. The number of carbonyl (C=O) groups is 1. The SMILES string of the molecule is COc1ccc(NC(=O)CN2CCOc3ccccc32)cc1Cl. The van der Waals surface area contributed by atoms with Gasteiger partial charge in [0.25, 0.3) is 0 Å². The normalized spacial score (nSPS) is 13.0. The van der Waals surface area contributed by atoms with Gasteiger partial charge >= 0.3 is 0 Å². The topological polar surface area (TPSA) is 50.8 Å². The minimum atomic E-state index is -0.108. The highest BCUT2D eigenvalue weighted by molar-refractivity contribution is 6.32. The lowest BCUT2D eigenvalue weighted by atomic mass is 10.2. The second-order valence-corrected chi connectivity index (χ2v) is 5.54. The van der Waals surface area contributed by atoms with E-state index in [9.17, 15) is 4.79 Å². The van der Waals surface area contributed by atoms with Gasteiger partial charge in [0.15, 0.2) is 0 Å². The summed E-state index contributed by atoms with van der Waals surface area (Å²) in [6.45, 7) is 1.50. The smallest absolute Gasteiger partial charge is 0.243 e. The molecule has 0 radical (unpaired) electrons. The number of carbonyl (C=O) groups excluding carboxylic acids is 1. The molecular formula is C17H17ClN2O3. The molecule has 1 aliphatic heterocycles. The standard InChI is InChI=1S/C17H17ClN2O3/c1-22-15-7-6-12(10-13(15)18)19-17(21)11-20-8-9-23-16-5-3-2-4-14(16)20/h2-7,10H,8-9,11H2,1H3,(H,19,21).